The lowest BCUT2D eigenvalue weighted by atomic mass is 9.89. The molecule has 0 unspecified atom stereocenters. The van der Waals surface area contributed by atoms with E-state index in [0.717, 1.165) is 43.2 Å². The maximum absolute atomic E-state index is 12.9. The van der Waals surface area contributed by atoms with Gasteiger partial charge in [-0.3, -0.25) is 9.69 Å². The molecule has 0 spiro atoms. The Morgan fingerprint density at radius 3 is 3.00 bits per heavy atom. The first-order chi connectivity index (χ1) is 11.8. The van der Waals surface area contributed by atoms with Crippen LogP contribution >= 0.6 is 11.3 Å². The van der Waals surface area contributed by atoms with E-state index < -0.39 is 0 Å². The molecule has 2 aromatic rings. The summed E-state index contributed by atoms with van der Waals surface area (Å²) in [5.74, 6) is 1.50. The predicted molar refractivity (Wildman–Crippen MR) is 92.0 cm³/mol. The zero-order valence-electron chi connectivity index (χ0n) is 13.8. The van der Waals surface area contributed by atoms with Crippen molar-refractivity contribution in [2.45, 2.75) is 25.1 Å². The molecule has 2 aromatic heterocycles. The van der Waals surface area contributed by atoms with Gasteiger partial charge in [0.25, 0.3) is 5.91 Å². The maximum atomic E-state index is 12.9. The Bertz CT molecular complexity index is 671. The molecule has 24 heavy (non-hydrogen) atoms. The number of hydrogen-bond acceptors (Lipinski definition) is 5. The molecular weight excluding hydrogens is 324 g/mol. The fourth-order valence-corrected chi connectivity index (χ4v) is 4.75. The average molecular weight is 346 g/mol. The summed E-state index contributed by atoms with van der Waals surface area (Å²) in [6.45, 7) is 3.38. The molecule has 4 rings (SSSR count). The van der Waals surface area contributed by atoms with Crippen LogP contribution in [0.4, 0.5) is 0 Å². The Morgan fingerprint density at radius 2 is 2.29 bits per heavy atom. The molecule has 0 radical (unpaired) electrons. The van der Waals surface area contributed by atoms with E-state index in [1.54, 1.807) is 13.4 Å². The molecule has 128 valence electrons. The SMILES string of the molecule is CO[C@H]1CCN(C(=O)c2cccs2)[C@@H]2CN(Cc3ccco3)C[C@H]12. The van der Waals surface area contributed by atoms with Crippen molar-refractivity contribution >= 4 is 17.2 Å². The molecule has 6 heteroatoms. The van der Waals surface area contributed by atoms with Crippen LogP contribution in [0.3, 0.4) is 0 Å². The third-order valence-electron chi connectivity index (χ3n) is 5.20. The molecule has 0 N–H and O–H groups in total. The summed E-state index contributed by atoms with van der Waals surface area (Å²) in [5, 5.41) is 1.96. The zero-order chi connectivity index (χ0) is 16.5. The number of nitrogens with zero attached hydrogens (tertiary/aromatic N) is 2. The summed E-state index contributed by atoms with van der Waals surface area (Å²) in [5.41, 5.74) is 0. The highest BCUT2D eigenvalue weighted by atomic mass is 32.1. The first kappa shape index (κ1) is 15.9. The summed E-state index contributed by atoms with van der Waals surface area (Å²) < 4.78 is 11.2. The monoisotopic (exact) mass is 346 g/mol. The number of ether oxygens (including phenoxy) is 1. The van der Waals surface area contributed by atoms with E-state index in [1.807, 2.05) is 29.6 Å². The number of rotatable bonds is 4. The largest absolute Gasteiger partial charge is 0.468 e. The van der Waals surface area contributed by atoms with Crippen LogP contribution in [0.1, 0.15) is 21.9 Å². The van der Waals surface area contributed by atoms with Gasteiger partial charge in [-0.25, -0.2) is 0 Å². The lowest BCUT2D eigenvalue weighted by Gasteiger charge is -2.40. The van der Waals surface area contributed by atoms with Crippen LogP contribution in [-0.4, -0.2) is 54.6 Å². The van der Waals surface area contributed by atoms with Crippen LogP contribution in [-0.2, 0) is 11.3 Å². The van der Waals surface area contributed by atoms with Crippen molar-refractivity contribution in [1.82, 2.24) is 9.80 Å². The second-order valence-electron chi connectivity index (χ2n) is 6.54. The van der Waals surface area contributed by atoms with E-state index in [9.17, 15) is 4.79 Å². The summed E-state index contributed by atoms with van der Waals surface area (Å²) in [4.78, 5) is 18.1. The van der Waals surface area contributed by atoms with Gasteiger partial charge in [0.2, 0.25) is 0 Å². The topological polar surface area (TPSA) is 45.9 Å². The van der Waals surface area contributed by atoms with Gasteiger partial charge in [0.1, 0.15) is 5.76 Å². The highest BCUT2D eigenvalue weighted by molar-refractivity contribution is 7.12. The zero-order valence-corrected chi connectivity index (χ0v) is 14.6. The summed E-state index contributed by atoms with van der Waals surface area (Å²) in [6, 6.07) is 8.00. The Balaban J connectivity index is 1.52. The number of amides is 1. The quantitative estimate of drug-likeness (QED) is 0.854. The third-order valence-corrected chi connectivity index (χ3v) is 6.05. The second kappa shape index (κ2) is 6.70. The smallest absolute Gasteiger partial charge is 0.264 e. The highest BCUT2D eigenvalue weighted by Gasteiger charge is 2.46. The van der Waals surface area contributed by atoms with Crippen LogP contribution < -0.4 is 0 Å². The summed E-state index contributed by atoms with van der Waals surface area (Å²) >= 11 is 1.52. The summed E-state index contributed by atoms with van der Waals surface area (Å²) in [7, 11) is 1.79. The first-order valence-corrected chi connectivity index (χ1v) is 9.26. The van der Waals surface area contributed by atoms with E-state index in [4.69, 9.17) is 9.15 Å². The lowest BCUT2D eigenvalue weighted by Crippen LogP contribution is -2.53. The summed E-state index contributed by atoms with van der Waals surface area (Å²) in [6.07, 6.45) is 2.84. The molecular formula is C18H22N2O3S. The molecule has 2 aliphatic heterocycles. The maximum Gasteiger partial charge on any atom is 0.264 e. The molecule has 1 amide bonds. The minimum Gasteiger partial charge on any atom is -0.468 e. The van der Waals surface area contributed by atoms with Crippen molar-refractivity contribution in [3.8, 4) is 0 Å². The Labute approximate surface area is 145 Å². The van der Waals surface area contributed by atoms with Gasteiger partial charge >= 0.3 is 0 Å². The third kappa shape index (κ3) is 2.90. The normalized spacial score (nSPS) is 27.4. The number of carbonyl (C=O) groups excluding carboxylic acids is 1. The van der Waals surface area contributed by atoms with Crippen molar-refractivity contribution in [2.75, 3.05) is 26.7 Å². The van der Waals surface area contributed by atoms with Gasteiger partial charge in [-0.15, -0.1) is 11.3 Å². The van der Waals surface area contributed by atoms with Crippen molar-refractivity contribution in [3.05, 3.63) is 46.5 Å². The lowest BCUT2D eigenvalue weighted by molar-refractivity contribution is -0.0155. The number of thiophene rings is 1. The second-order valence-corrected chi connectivity index (χ2v) is 7.49. The Hall–Kier alpha value is -1.63. The molecule has 5 nitrogen and oxygen atoms in total. The van der Waals surface area contributed by atoms with Crippen LogP contribution in [0.5, 0.6) is 0 Å². The molecule has 0 saturated carbocycles. The molecule has 0 aromatic carbocycles. The van der Waals surface area contributed by atoms with Gasteiger partial charge in [-0.05, 0) is 30.0 Å². The number of hydrogen-bond donors (Lipinski definition) is 0. The number of carbonyl (C=O) groups is 1. The Morgan fingerprint density at radius 1 is 1.38 bits per heavy atom. The van der Waals surface area contributed by atoms with Crippen LogP contribution in [0, 0.1) is 5.92 Å². The molecule has 3 atom stereocenters. The van der Waals surface area contributed by atoms with E-state index in [2.05, 4.69) is 9.80 Å². The van der Waals surface area contributed by atoms with E-state index in [-0.39, 0.29) is 18.1 Å². The molecule has 2 fully saturated rings. The standard InChI is InChI=1S/C18H22N2O3S/c1-22-16-6-7-20(18(21)17-5-3-9-24-17)15-12-19(11-14(15)16)10-13-4-2-8-23-13/h2-5,8-9,14-16H,6-7,10-12H2,1H3/t14-,15+,16-/m0/s1. The molecule has 0 bridgehead atoms. The predicted octanol–water partition coefficient (Wildman–Crippen LogP) is 2.70. The van der Waals surface area contributed by atoms with Gasteiger partial charge < -0.3 is 14.1 Å². The van der Waals surface area contributed by atoms with Gasteiger partial charge in [0.05, 0.1) is 29.8 Å². The van der Waals surface area contributed by atoms with Crippen molar-refractivity contribution in [2.24, 2.45) is 5.92 Å². The number of methoxy groups -OCH3 is 1. The van der Waals surface area contributed by atoms with E-state index >= 15 is 0 Å². The highest BCUT2D eigenvalue weighted by Crippen LogP contribution is 2.34. The number of likely N-dealkylation sites (tertiary alicyclic amines) is 2. The molecule has 2 aliphatic rings. The first-order valence-electron chi connectivity index (χ1n) is 8.38. The minimum atomic E-state index is 0.161. The van der Waals surface area contributed by atoms with Gasteiger partial charge in [-0.2, -0.15) is 0 Å². The van der Waals surface area contributed by atoms with E-state index in [0.29, 0.717) is 5.92 Å². The van der Waals surface area contributed by atoms with Gasteiger partial charge in [0.15, 0.2) is 0 Å². The molecule has 4 heterocycles. The van der Waals surface area contributed by atoms with E-state index in [1.165, 1.54) is 11.3 Å². The minimum absolute atomic E-state index is 0.161. The molecule has 2 saturated heterocycles. The van der Waals surface area contributed by atoms with Crippen molar-refractivity contribution in [1.29, 1.82) is 0 Å². The fourth-order valence-electron chi connectivity index (χ4n) is 4.07. The number of fused-ring (bicyclic) bond motifs is 1. The van der Waals surface area contributed by atoms with Gasteiger partial charge in [0, 0.05) is 32.7 Å². The van der Waals surface area contributed by atoms with Gasteiger partial charge in [-0.1, -0.05) is 6.07 Å². The van der Waals surface area contributed by atoms with Crippen LogP contribution in [0.25, 0.3) is 0 Å². The fraction of sp³-hybridized carbons (Fsp3) is 0.500. The van der Waals surface area contributed by atoms with Crippen molar-refractivity contribution < 1.29 is 13.9 Å². The Kier molecular flexibility index (Phi) is 4.43. The van der Waals surface area contributed by atoms with Crippen LogP contribution in [0.2, 0.25) is 0 Å². The molecule has 0 aliphatic carbocycles. The van der Waals surface area contributed by atoms with Crippen LogP contribution in [0.15, 0.2) is 40.3 Å². The average Bonchev–Trinajstić information content (AvgIpc) is 3.34. The van der Waals surface area contributed by atoms with Crippen molar-refractivity contribution in [3.63, 3.8) is 0 Å². The number of furan rings is 1. The number of piperidine rings is 1.